The van der Waals surface area contributed by atoms with Gasteiger partial charge >= 0.3 is 191 Å². The Morgan fingerprint density at radius 3 is 2.38 bits per heavy atom. The number of halogens is 1. The van der Waals surface area contributed by atoms with Crippen LogP contribution < -0.4 is 20.8 Å². The summed E-state index contributed by atoms with van der Waals surface area (Å²) in [5.74, 6) is -1.12. The molecule has 1 amide bonds. The molecule has 0 aliphatic rings. The Balaban J connectivity index is 1.94. The maximum absolute atomic E-state index is 12.7. The van der Waals surface area contributed by atoms with E-state index in [0.29, 0.717) is 11.4 Å². The molecule has 0 saturated carbocycles. The summed E-state index contributed by atoms with van der Waals surface area (Å²) in [6.45, 7) is 0. The van der Waals surface area contributed by atoms with Crippen LogP contribution in [-0.2, 0) is 8.53 Å². The minimum absolute atomic E-state index is 0.0331. The van der Waals surface area contributed by atoms with E-state index in [2.05, 4.69) is 26.1 Å². The first-order valence-electron chi connectivity index (χ1n) is 9.06. The Bertz CT molecular complexity index is 1230. The van der Waals surface area contributed by atoms with E-state index in [-0.39, 0.29) is 20.7 Å². The number of amides is 1. The zero-order chi connectivity index (χ0) is 23.1. The van der Waals surface area contributed by atoms with Crippen molar-refractivity contribution in [3.8, 4) is 0 Å². The van der Waals surface area contributed by atoms with Crippen molar-refractivity contribution in [2.24, 2.45) is 15.3 Å². The fourth-order valence-corrected chi connectivity index (χ4v) is 4.20. The molecule has 0 atom stereocenters. The molecule has 3 aromatic rings. The topological polar surface area (TPSA) is 162 Å². The van der Waals surface area contributed by atoms with Gasteiger partial charge in [-0.25, -0.2) is 0 Å². The summed E-state index contributed by atoms with van der Waals surface area (Å²) in [7, 11) is 0. The monoisotopic (exact) mass is 516 g/mol. The summed E-state index contributed by atoms with van der Waals surface area (Å²) in [5.41, 5.74) is 9.36. The molecule has 6 N–H and O–H groups in total. The number of azo groups is 1. The zero-order valence-corrected chi connectivity index (χ0v) is 19.0. The molecule has 3 rings (SSSR count). The third-order valence-electron chi connectivity index (χ3n) is 3.96. The molecule has 32 heavy (non-hydrogen) atoms. The van der Waals surface area contributed by atoms with Crippen LogP contribution >= 0.6 is 11.6 Å². The van der Waals surface area contributed by atoms with Crippen LogP contribution in [0.4, 0.5) is 22.7 Å². The predicted octanol–water partition coefficient (Wildman–Crippen LogP) is 2.63. The van der Waals surface area contributed by atoms with E-state index in [1.807, 2.05) is 0 Å². The van der Waals surface area contributed by atoms with Gasteiger partial charge in [-0.2, -0.15) is 0 Å². The number of hydrogen-bond acceptors (Lipinski definition) is 6. The second-order valence-electron chi connectivity index (χ2n) is 6.34. The van der Waals surface area contributed by atoms with Crippen LogP contribution in [0.15, 0.2) is 88.1 Å². The number of carbonyl (C=O) groups excluding carboxylic acids is 1. The van der Waals surface area contributed by atoms with Crippen molar-refractivity contribution in [2.45, 2.75) is 0 Å². The van der Waals surface area contributed by atoms with E-state index < -0.39 is 25.9 Å². The predicted molar refractivity (Wildman–Crippen MR) is 123 cm³/mol. The molecular formula is C20H18AsClN6O4. The molecule has 0 radical (unpaired) electrons. The molecule has 3 aromatic carbocycles. The molecule has 0 aliphatic carbocycles. The summed E-state index contributed by atoms with van der Waals surface area (Å²) in [5, 5.41) is 14.6. The Morgan fingerprint density at radius 2 is 1.69 bits per heavy atom. The second-order valence-corrected chi connectivity index (χ2v) is 10.0. The molecule has 0 fully saturated rings. The fraction of sp³-hybridized carbons (Fsp3) is 0. The van der Waals surface area contributed by atoms with E-state index >= 15 is 0 Å². The van der Waals surface area contributed by atoms with Crippen molar-refractivity contribution >= 4 is 64.6 Å². The number of para-hydroxylation sites is 2. The molecular weight excluding hydrogens is 499 g/mol. The summed E-state index contributed by atoms with van der Waals surface area (Å²) in [6.07, 6.45) is 0. The summed E-state index contributed by atoms with van der Waals surface area (Å²) >= 11 is 0.844. The summed E-state index contributed by atoms with van der Waals surface area (Å²) in [4.78, 5) is 12.7. The summed E-state index contributed by atoms with van der Waals surface area (Å²) in [6, 6.07) is 18.9. The average molecular weight is 517 g/mol. The van der Waals surface area contributed by atoms with E-state index in [0.717, 1.165) is 0 Å². The van der Waals surface area contributed by atoms with Gasteiger partial charge in [0.15, 0.2) is 0 Å². The maximum atomic E-state index is 12.7. The first kappa shape index (κ1) is 23.2. The molecule has 12 heteroatoms. The van der Waals surface area contributed by atoms with E-state index in [1.54, 1.807) is 42.5 Å². The quantitative estimate of drug-likeness (QED) is 0.0874. The average Bonchev–Trinajstić information content (AvgIpc) is 2.75. The van der Waals surface area contributed by atoms with Gasteiger partial charge in [0.2, 0.25) is 0 Å². The van der Waals surface area contributed by atoms with Gasteiger partial charge in [0.25, 0.3) is 0 Å². The number of nitrogens with two attached hydrogens (primary N) is 1. The van der Waals surface area contributed by atoms with Crippen LogP contribution in [0.25, 0.3) is 0 Å². The van der Waals surface area contributed by atoms with Crippen LogP contribution in [0.3, 0.4) is 0 Å². The van der Waals surface area contributed by atoms with E-state index in [4.69, 9.17) is 17.3 Å². The van der Waals surface area contributed by atoms with Gasteiger partial charge in [0.05, 0.1) is 0 Å². The van der Waals surface area contributed by atoms with Crippen LogP contribution in [0.5, 0.6) is 0 Å². The van der Waals surface area contributed by atoms with Crippen molar-refractivity contribution in [1.29, 1.82) is 0 Å². The standard InChI is InChI=1S/C20H18AsClN6O4/c22-16-12-13(23)10-11-18(16)26-28-19(20(29)24-14-6-2-1-3-7-14)27-25-17-9-5-4-8-15(17)21(30,31)32/h1-12,25H,23H2,(H,24,29)(H2,30,31,32). The number of nitrogens with one attached hydrogen (secondary N) is 2. The number of nitrogens with zero attached hydrogens (tertiary/aromatic N) is 3. The Hall–Kier alpha value is -3.43. The molecule has 0 bridgehead atoms. The Kier molecular flexibility index (Phi) is 7.44. The second kappa shape index (κ2) is 10.3. The third kappa shape index (κ3) is 6.29. The number of anilines is 3. The number of benzene rings is 3. The van der Waals surface area contributed by atoms with Crippen LogP contribution in [0.1, 0.15) is 0 Å². The molecule has 0 aliphatic heterocycles. The van der Waals surface area contributed by atoms with Crippen LogP contribution in [-0.4, -0.2) is 34.1 Å². The van der Waals surface area contributed by atoms with Gasteiger partial charge in [0.1, 0.15) is 0 Å². The number of rotatable bonds is 5. The SMILES string of the molecule is Nc1ccc(N=NC(=NNc2ccccc2[As](=O)(O)O)C(=O)Nc2ccccc2)c(Cl)c1. The van der Waals surface area contributed by atoms with Crippen molar-refractivity contribution in [2.75, 3.05) is 16.5 Å². The number of hydrazone groups is 1. The van der Waals surface area contributed by atoms with Crippen molar-refractivity contribution < 1.29 is 16.7 Å². The zero-order valence-electron chi connectivity index (χ0n) is 16.4. The van der Waals surface area contributed by atoms with Gasteiger partial charge in [-0.1, -0.05) is 0 Å². The molecule has 0 spiro atoms. The first-order chi connectivity index (χ1) is 15.2. The van der Waals surface area contributed by atoms with Crippen molar-refractivity contribution in [3.05, 3.63) is 77.8 Å². The molecule has 0 saturated heterocycles. The number of nitrogen functional groups attached to an aromatic ring is 1. The normalized spacial score (nSPS) is 12.0. The Labute approximate surface area is 190 Å². The van der Waals surface area contributed by atoms with Gasteiger partial charge in [0, 0.05) is 0 Å². The van der Waals surface area contributed by atoms with Crippen LogP contribution in [0, 0.1) is 0 Å². The third-order valence-corrected chi connectivity index (χ3v) is 6.40. The first-order valence-corrected chi connectivity index (χ1v) is 12.8. The van der Waals surface area contributed by atoms with Gasteiger partial charge in [-0.15, -0.1) is 0 Å². The molecule has 0 heterocycles. The Morgan fingerprint density at radius 1 is 1.00 bits per heavy atom. The molecule has 164 valence electrons. The van der Waals surface area contributed by atoms with E-state index in [1.165, 1.54) is 30.3 Å². The molecule has 0 unspecified atom stereocenters. The minimum atomic E-state index is -5.25. The van der Waals surface area contributed by atoms with Gasteiger partial charge in [-0.05, 0) is 0 Å². The van der Waals surface area contributed by atoms with Gasteiger partial charge < -0.3 is 0 Å². The van der Waals surface area contributed by atoms with Crippen LogP contribution in [0.2, 0.25) is 5.02 Å². The van der Waals surface area contributed by atoms with Gasteiger partial charge in [-0.3, -0.25) is 0 Å². The number of carbonyl (C=O) groups is 1. The number of hydrogen-bond donors (Lipinski definition) is 5. The van der Waals surface area contributed by atoms with Crippen molar-refractivity contribution in [3.63, 3.8) is 0 Å². The number of amidine groups is 1. The summed E-state index contributed by atoms with van der Waals surface area (Å²) < 4.78 is 30.7. The molecule has 10 nitrogen and oxygen atoms in total. The van der Waals surface area contributed by atoms with Crippen molar-refractivity contribution in [1.82, 2.24) is 0 Å². The fourth-order valence-electron chi connectivity index (χ4n) is 2.47. The molecule has 0 aromatic heterocycles. The van der Waals surface area contributed by atoms with E-state index in [9.17, 15) is 16.7 Å².